The third kappa shape index (κ3) is 3.56. The average molecular weight is 323 g/mol. The smallest absolute Gasteiger partial charge is 0.260 e. The normalized spacial score (nSPS) is 10.3. The molecular formula is C14H15ClN4O3. The highest BCUT2D eigenvalue weighted by molar-refractivity contribution is 6.33. The van der Waals surface area contributed by atoms with Crippen molar-refractivity contribution in [1.82, 2.24) is 9.78 Å². The number of nitrogens with zero attached hydrogens (tertiary/aromatic N) is 2. The van der Waals surface area contributed by atoms with Crippen LogP contribution in [-0.2, 0) is 11.8 Å². The summed E-state index contributed by atoms with van der Waals surface area (Å²) in [6.45, 7) is 1.47. The first kappa shape index (κ1) is 15.8. The molecule has 1 heterocycles. The Morgan fingerprint density at radius 1 is 1.45 bits per heavy atom. The lowest BCUT2D eigenvalue weighted by Crippen LogP contribution is -2.20. The van der Waals surface area contributed by atoms with E-state index in [1.54, 1.807) is 38.2 Å². The number of aromatic nitrogens is 2. The quantitative estimate of drug-likeness (QED) is 0.871. The summed E-state index contributed by atoms with van der Waals surface area (Å²) in [6, 6.07) is 6.61. The van der Waals surface area contributed by atoms with Crippen LogP contribution in [-0.4, -0.2) is 28.2 Å². The van der Waals surface area contributed by atoms with Crippen molar-refractivity contribution >= 4 is 29.1 Å². The highest BCUT2D eigenvalue weighted by Gasteiger charge is 2.19. The summed E-state index contributed by atoms with van der Waals surface area (Å²) < 4.78 is 6.61. The molecule has 0 atom stereocenters. The number of halogens is 1. The summed E-state index contributed by atoms with van der Waals surface area (Å²) in [5.41, 5.74) is 6.36. The number of carbonyl (C=O) groups excluding carboxylic acids is 2. The van der Waals surface area contributed by atoms with Gasteiger partial charge in [0.25, 0.3) is 11.8 Å². The lowest BCUT2D eigenvalue weighted by atomic mass is 10.2. The van der Waals surface area contributed by atoms with Gasteiger partial charge in [-0.25, -0.2) is 0 Å². The number of carbonyl (C=O) groups is 2. The maximum absolute atomic E-state index is 12.3. The van der Waals surface area contributed by atoms with Crippen molar-refractivity contribution in [3.8, 4) is 5.75 Å². The zero-order valence-corrected chi connectivity index (χ0v) is 12.8. The van der Waals surface area contributed by atoms with Crippen LogP contribution in [0, 0.1) is 6.92 Å². The molecule has 2 amide bonds. The molecule has 0 aliphatic carbocycles. The van der Waals surface area contributed by atoms with Gasteiger partial charge in [0.2, 0.25) is 0 Å². The molecule has 0 unspecified atom stereocenters. The summed E-state index contributed by atoms with van der Waals surface area (Å²) in [7, 11) is 1.66. The van der Waals surface area contributed by atoms with E-state index in [0.717, 1.165) is 0 Å². The molecule has 116 valence electrons. The molecule has 8 heteroatoms. The first-order valence-electron chi connectivity index (χ1n) is 6.40. The van der Waals surface area contributed by atoms with E-state index in [1.165, 1.54) is 4.68 Å². The van der Waals surface area contributed by atoms with Crippen LogP contribution >= 0.6 is 11.6 Å². The Morgan fingerprint density at radius 3 is 2.77 bits per heavy atom. The molecule has 0 spiro atoms. The van der Waals surface area contributed by atoms with Crippen LogP contribution in [0.25, 0.3) is 0 Å². The number of aryl methyl sites for hydroxylation is 2. The third-order valence-corrected chi connectivity index (χ3v) is 3.29. The summed E-state index contributed by atoms with van der Waals surface area (Å²) in [5, 5.41) is 7.06. The van der Waals surface area contributed by atoms with Gasteiger partial charge < -0.3 is 15.8 Å². The molecular weight excluding hydrogens is 308 g/mol. The van der Waals surface area contributed by atoms with Crippen molar-refractivity contribution in [2.24, 2.45) is 12.8 Å². The topological polar surface area (TPSA) is 99.2 Å². The second-order valence-electron chi connectivity index (χ2n) is 4.61. The van der Waals surface area contributed by atoms with Crippen LogP contribution in [0.1, 0.15) is 16.1 Å². The molecule has 0 saturated heterocycles. The second-order valence-corrected chi connectivity index (χ2v) is 4.97. The number of amides is 2. The largest absolute Gasteiger partial charge is 0.484 e. The molecule has 0 aliphatic rings. The summed E-state index contributed by atoms with van der Waals surface area (Å²) in [5.74, 6) is -0.527. The van der Waals surface area contributed by atoms with Gasteiger partial charge in [-0.2, -0.15) is 5.10 Å². The van der Waals surface area contributed by atoms with Crippen LogP contribution in [0.2, 0.25) is 5.15 Å². The Kier molecular flexibility index (Phi) is 4.67. The fourth-order valence-electron chi connectivity index (χ4n) is 1.90. The summed E-state index contributed by atoms with van der Waals surface area (Å²) >= 11 is 6.05. The summed E-state index contributed by atoms with van der Waals surface area (Å²) in [6.07, 6.45) is 0. The van der Waals surface area contributed by atoms with E-state index in [4.69, 9.17) is 22.1 Å². The molecule has 1 aromatic heterocycles. The van der Waals surface area contributed by atoms with Crippen LogP contribution in [0.3, 0.4) is 0 Å². The van der Waals surface area contributed by atoms with Gasteiger partial charge in [-0.3, -0.25) is 14.3 Å². The molecule has 0 bridgehead atoms. The number of ether oxygens (including phenoxy) is 1. The average Bonchev–Trinajstić information content (AvgIpc) is 2.70. The number of primary amides is 1. The SMILES string of the molecule is Cc1nn(C)c(Cl)c1C(=O)Nc1cccc(OCC(N)=O)c1. The third-order valence-electron chi connectivity index (χ3n) is 2.85. The lowest BCUT2D eigenvalue weighted by Gasteiger charge is -2.08. The number of nitrogens with two attached hydrogens (primary N) is 1. The van der Waals surface area contributed by atoms with E-state index in [0.29, 0.717) is 22.7 Å². The van der Waals surface area contributed by atoms with Gasteiger partial charge in [-0.05, 0) is 19.1 Å². The minimum absolute atomic E-state index is 0.231. The van der Waals surface area contributed by atoms with Gasteiger partial charge in [0.1, 0.15) is 10.9 Å². The molecule has 2 aromatic rings. The van der Waals surface area contributed by atoms with E-state index < -0.39 is 5.91 Å². The number of nitrogens with one attached hydrogen (secondary N) is 1. The van der Waals surface area contributed by atoms with Crippen molar-refractivity contribution in [3.63, 3.8) is 0 Å². The number of anilines is 1. The van der Waals surface area contributed by atoms with Crippen molar-refractivity contribution in [2.45, 2.75) is 6.92 Å². The fraction of sp³-hybridized carbons (Fsp3) is 0.214. The van der Waals surface area contributed by atoms with Gasteiger partial charge in [0.15, 0.2) is 6.61 Å². The first-order valence-corrected chi connectivity index (χ1v) is 6.78. The van der Waals surface area contributed by atoms with Gasteiger partial charge in [-0.15, -0.1) is 0 Å². The molecule has 22 heavy (non-hydrogen) atoms. The van der Waals surface area contributed by atoms with E-state index >= 15 is 0 Å². The Bertz CT molecular complexity index is 727. The summed E-state index contributed by atoms with van der Waals surface area (Å²) in [4.78, 5) is 23.0. The zero-order chi connectivity index (χ0) is 16.3. The molecule has 7 nitrogen and oxygen atoms in total. The van der Waals surface area contributed by atoms with E-state index in [-0.39, 0.29) is 17.7 Å². The number of benzene rings is 1. The molecule has 0 fully saturated rings. The Labute approximate surface area is 132 Å². The van der Waals surface area contributed by atoms with Crippen LogP contribution in [0.15, 0.2) is 24.3 Å². The van der Waals surface area contributed by atoms with Gasteiger partial charge in [-0.1, -0.05) is 17.7 Å². The molecule has 3 N–H and O–H groups in total. The molecule has 0 radical (unpaired) electrons. The Morgan fingerprint density at radius 2 is 2.18 bits per heavy atom. The van der Waals surface area contributed by atoms with E-state index in [1.807, 2.05) is 0 Å². The predicted octanol–water partition coefficient (Wildman–Crippen LogP) is 1.50. The highest BCUT2D eigenvalue weighted by Crippen LogP contribution is 2.22. The molecule has 0 aliphatic heterocycles. The van der Waals surface area contributed by atoms with Crippen molar-refractivity contribution in [3.05, 3.63) is 40.7 Å². The fourth-order valence-corrected chi connectivity index (χ4v) is 2.16. The van der Waals surface area contributed by atoms with Crippen molar-refractivity contribution < 1.29 is 14.3 Å². The minimum Gasteiger partial charge on any atom is -0.484 e. The minimum atomic E-state index is -0.577. The van der Waals surface area contributed by atoms with Crippen molar-refractivity contribution in [2.75, 3.05) is 11.9 Å². The number of rotatable bonds is 5. The maximum Gasteiger partial charge on any atom is 0.260 e. The maximum atomic E-state index is 12.3. The number of hydrogen-bond acceptors (Lipinski definition) is 4. The molecule has 0 saturated carbocycles. The number of hydrogen-bond donors (Lipinski definition) is 2. The van der Waals surface area contributed by atoms with Gasteiger partial charge >= 0.3 is 0 Å². The highest BCUT2D eigenvalue weighted by atomic mass is 35.5. The van der Waals surface area contributed by atoms with Crippen molar-refractivity contribution in [1.29, 1.82) is 0 Å². The van der Waals surface area contributed by atoms with Crippen LogP contribution in [0.5, 0.6) is 5.75 Å². The van der Waals surface area contributed by atoms with E-state index in [2.05, 4.69) is 10.4 Å². The van der Waals surface area contributed by atoms with E-state index in [9.17, 15) is 9.59 Å². The molecule has 1 aromatic carbocycles. The Hall–Kier alpha value is -2.54. The first-order chi connectivity index (χ1) is 10.4. The Balaban J connectivity index is 2.15. The van der Waals surface area contributed by atoms with Gasteiger partial charge in [0, 0.05) is 18.8 Å². The molecule has 2 rings (SSSR count). The predicted molar refractivity (Wildman–Crippen MR) is 82.0 cm³/mol. The van der Waals surface area contributed by atoms with Crippen LogP contribution < -0.4 is 15.8 Å². The standard InChI is InChI=1S/C14H15ClN4O3/c1-8-12(13(15)19(2)18-8)14(21)17-9-4-3-5-10(6-9)22-7-11(16)20/h3-6H,7H2,1-2H3,(H2,16,20)(H,17,21). The zero-order valence-electron chi connectivity index (χ0n) is 12.1. The van der Waals surface area contributed by atoms with Crippen LogP contribution in [0.4, 0.5) is 5.69 Å². The van der Waals surface area contributed by atoms with Gasteiger partial charge in [0.05, 0.1) is 11.3 Å². The monoisotopic (exact) mass is 322 g/mol. The second kappa shape index (κ2) is 6.48. The lowest BCUT2D eigenvalue weighted by molar-refractivity contribution is -0.119.